The molecular weight excluding hydrogens is 280 g/mol. The van der Waals surface area contributed by atoms with Gasteiger partial charge in [0.05, 0.1) is 7.11 Å². The minimum atomic E-state index is -0.115. The second-order valence-corrected chi connectivity index (χ2v) is 5.00. The predicted molar refractivity (Wildman–Crippen MR) is 74.2 cm³/mol. The van der Waals surface area contributed by atoms with Crippen LogP contribution in [0.15, 0.2) is 23.8 Å². The average molecular weight is 301 g/mol. The molecule has 1 aliphatic carbocycles. The number of unbranched alkanes of at least 4 members (excludes halogenated alkanes) is 1. The van der Waals surface area contributed by atoms with Gasteiger partial charge in [-0.15, -0.1) is 0 Å². The maximum atomic E-state index is 10.9. The van der Waals surface area contributed by atoms with Gasteiger partial charge in [-0.3, -0.25) is 4.79 Å². The summed E-state index contributed by atoms with van der Waals surface area (Å²) in [4.78, 5) is 10.9. The van der Waals surface area contributed by atoms with Crippen molar-refractivity contribution in [3.63, 3.8) is 0 Å². The molecule has 96 valence electrons. The molecule has 0 aromatic rings. The van der Waals surface area contributed by atoms with E-state index in [1.165, 1.54) is 20.0 Å². The minimum Gasteiger partial charge on any atom is -0.469 e. The molecule has 1 aliphatic rings. The fraction of sp³-hybridized carbons (Fsp3) is 0.643. The monoisotopic (exact) mass is 300 g/mol. The van der Waals surface area contributed by atoms with Crippen molar-refractivity contribution < 1.29 is 9.53 Å². The van der Waals surface area contributed by atoms with E-state index in [1.54, 1.807) is 5.57 Å². The van der Waals surface area contributed by atoms with Crippen molar-refractivity contribution in [3.8, 4) is 0 Å². The second-order valence-electron chi connectivity index (χ2n) is 4.35. The third kappa shape index (κ3) is 5.53. The first-order valence-corrected chi connectivity index (χ1v) is 7.36. The Balaban J connectivity index is 2.12. The highest BCUT2D eigenvalue weighted by molar-refractivity contribution is 9.09. The molecule has 0 amide bonds. The first-order chi connectivity index (χ1) is 8.27. The SMILES string of the molecule is COC(=O)CCC/C=C\CC1=CCC[C@@H]1CBr. The molecule has 0 bridgehead atoms. The van der Waals surface area contributed by atoms with Crippen LogP contribution in [-0.2, 0) is 9.53 Å². The topological polar surface area (TPSA) is 26.3 Å². The fourth-order valence-corrected chi connectivity index (χ4v) is 2.79. The van der Waals surface area contributed by atoms with Crippen molar-refractivity contribution in [2.75, 3.05) is 12.4 Å². The molecule has 0 saturated heterocycles. The molecule has 0 unspecified atom stereocenters. The van der Waals surface area contributed by atoms with Gasteiger partial charge in [-0.1, -0.05) is 39.7 Å². The zero-order chi connectivity index (χ0) is 12.5. The number of methoxy groups -OCH3 is 1. The molecule has 1 atom stereocenters. The normalized spacial score (nSPS) is 19.6. The Morgan fingerprint density at radius 3 is 3.12 bits per heavy atom. The first kappa shape index (κ1) is 14.5. The van der Waals surface area contributed by atoms with Crippen molar-refractivity contribution >= 4 is 21.9 Å². The van der Waals surface area contributed by atoms with Gasteiger partial charge in [0.25, 0.3) is 0 Å². The summed E-state index contributed by atoms with van der Waals surface area (Å²) in [5.74, 6) is 0.617. The highest BCUT2D eigenvalue weighted by Crippen LogP contribution is 2.29. The van der Waals surface area contributed by atoms with Gasteiger partial charge in [0.2, 0.25) is 0 Å². The molecule has 0 fully saturated rings. The van der Waals surface area contributed by atoms with Crippen LogP contribution in [-0.4, -0.2) is 18.4 Å². The highest BCUT2D eigenvalue weighted by atomic mass is 79.9. The summed E-state index contributed by atoms with van der Waals surface area (Å²) in [5.41, 5.74) is 1.56. The Hall–Kier alpha value is -0.570. The number of alkyl halides is 1. The molecule has 0 radical (unpaired) electrons. The van der Waals surface area contributed by atoms with Crippen molar-refractivity contribution in [1.29, 1.82) is 0 Å². The van der Waals surface area contributed by atoms with Crippen LogP contribution in [0.2, 0.25) is 0 Å². The maximum absolute atomic E-state index is 10.9. The molecule has 0 saturated carbocycles. The number of carbonyl (C=O) groups excluding carboxylic acids is 1. The second kappa shape index (κ2) is 8.51. The summed E-state index contributed by atoms with van der Waals surface area (Å²) in [5, 5.41) is 1.08. The molecule has 1 rings (SSSR count). The van der Waals surface area contributed by atoms with E-state index in [4.69, 9.17) is 0 Å². The quantitative estimate of drug-likeness (QED) is 0.307. The van der Waals surface area contributed by atoms with E-state index in [0.717, 1.165) is 30.5 Å². The van der Waals surface area contributed by atoms with Gasteiger partial charge < -0.3 is 4.74 Å². The number of carbonyl (C=O) groups is 1. The molecule has 0 N–H and O–H groups in total. The largest absolute Gasteiger partial charge is 0.469 e. The van der Waals surface area contributed by atoms with Gasteiger partial charge in [0, 0.05) is 11.8 Å². The summed E-state index contributed by atoms with van der Waals surface area (Å²) < 4.78 is 4.59. The van der Waals surface area contributed by atoms with E-state index in [1.807, 2.05) is 0 Å². The number of allylic oxidation sites excluding steroid dienone is 4. The van der Waals surface area contributed by atoms with E-state index >= 15 is 0 Å². The molecule has 2 nitrogen and oxygen atoms in total. The lowest BCUT2D eigenvalue weighted by Crippen LogP contribution is -1.99. The summed E-state index contributed by atoms with van der Waals surface area (Å²) in [6, 6.07) is 0. The van der Waals surface area contributed by atoms with Crippen molar-refractivity contribution in [2.45, 2.75) is 38.5 Å². The van der Waals surface area contributed by atoms with Gasteiger partial charge >= 0.3 is 5.97 Å². The minimum absolute atomic E-state index is 0.115. The summed E-state index contributed by atoms with van der Waals surface area (Å²) >= 11 is 3.56. The molecular formula is C14H21BrO2. The third-order valence-corrected chi connectivity index (χ3v) is 3.91. The van der Waals surface area contributed by atoms with Crippen LogP contribution >= 0.6 is 15.9 Å². The molecule has 0 aromatic carbocycles. The number of hydrogen-bond acceptors (Lipinski definition) is 2. The molecule has 0 spiro atoms. The smallest absolute Gasteiger partial charge is 0.305 e. The predicted octanol–water partition coefficient (Wildman–Crippen LogP) is 4.01. The number of esters is 1. The molecule has 0 heterocycles. The first-order valence-electron chi connectivity index (χ1n) is 6.24. The van der Waals surface area contributed by atoms with Crippen LogP contribution in [0.1, 0.15) is 38.5 Å². The van der Waals surface area contributed by atoms with Gasteiger partial charge in [-0.25, -0.2) is 0 Å². The zero-order valence-corrected chi connectivity index (χ0v) is 12.0. The number of ether oxygens (including phenoxy) is 1. The highest BCUT2D eigenvalue weighted by Gasteiger charge is 2.16. The third-order valence-electron chi connectivity index (χ3n) is 3.13. The Kier molecular flexibility index (Phi) is 7.25. The maximum Gasteiger partial charge on any atom is 0.305 e. The number of hydrogen-bond donors (Lipinski definition) is 0. The van der Waals surface area contributed by atoms with Gasteiger partial charge in [-0.05, 0) is 38.0 Å². The number of halogens is 1. The molecule has 17 heavy (non-hydrogen) atoms. The molecule has 0 aliphatic heterocycles. The average Bonchev–Trinajstić information content (AvgIpc) is 2.80. The van der Waals surface area contributed by atoms with E-state index in [9.17, 15) is 4.79 Å². The molecule has 3 heteroatoms. The van der Waals surface area contributed by atoms with E-state index in [0.29, 0.717) is 6.42 Å². The van der Waals surface area contributed by atoms with Crippen molar-refractivity contribution in [3.05, 3.63) is 23.8 Å². The van der Waals surface area contributed by atoms with Crippen LogP contribution in [0, 0.1) is 5.92 Å². The summed E-state index contributed by atoms with van der Waals surface area (Å²) in [7, 11) is 1.44. The zero-order valence-electron chi connectivity index (χ0n) is 10.5. The number of rotatable bonds is 7. The Labute approximate surface area is 112 Å². The summed E-state index contributed by atoms with van der Waals surface area (Å²) in [6.07, 6.45) is 12.7. The lowest BCUT2D eigenvalue weighted by molar-refractivity contribution is -0.140. The van der Waals surface area contributed by atoms with Gasteiger partial charge in [0.1, 0.15) is 0 Å². The lowest BCUT2D eigenvalue weighted by Gasteiger charge is -2.08. The van der Waals surface area contributed by atoms with Crippen LogP contribution in [0.3, 0.4) is 0 Å². The van der Waals surface area contributed by atoms with Crippen LogP contribution in [0.4, 0.5) is 0 Å². The fourth-order valence-electron chi connectivity index (χ4n) is 2.05. The van der Waals surface area contributed by atoms with E-state index in [2.05, 4.69) is 38.9 Å². The Morgan fingerprint density at radius 2 is 2.41 bits per heavy atom. The van der Waals surface area contributed by atoms with Crippen LogP contribution in [0.25, 0.3) is 0 Å². The molecule has 0 aromatic heterocycles. The van der Waals surface area contributed by atoms with E-state index < -0.39 is 0 Å². The lowest BCUT2D eigenvalue weighted by atomic mass is 10.0. The van der Waals surface area contributed by atoms with E-state index in [-0.39, 0.29) is 5.97 Å². The van der Waals surface area contributed by atoms with Crippen molar-refractivity contribution in [2.24, 2.45) is 5.92 Å². The van der Waals surface area contributed by atoms with Crippen LogP contribution in [0.5, 0.6) is 0 Å². The van der Waals surface area contributed by atoms with Crippen molar-refractivity contribution in [1.82, 2.24) is 0 Å². The van der Waals surface area contributed by atoms with Gasteiger partial charge in [-0.2, -0.15) is 0 Å². The summed E-state index contributed by atoms with van der Waals surface area (Å²) in [6.45, 7) is 0. The van der Waals surface area contributed by atoms with Gasteiger partial charge in [0.15, 0.2) is 0 Å². The Morgan fingerprint density at radius 1 is 1.59 bits per heavy atom. The standard InChI is InChI=1S/C14H21BrO2/c1-17-14(16)10-5-3-2-4-7-12-8-6-9-13(12)11-15/h2,4,8,13H,3,5-7,9-11H2,1H3/b4-2-/t13-/m1/s1. The van der Waals surface area contributed by atoms with Crippen LogP contribution < -0.4 is 0 Å². The Bertz CT molecular complexity index is 295.